The number of hydrogen-bond donors (Lipinski definition) is 0. The van der Waals surface area contributed by atoms with Crippen molar-refractivity contribution in [3.63, 3.8) is 0 Å². The first-order valence-electron chi connectivity index (χ1n) is 6.93. The van der Waals surface area contributed by atoms with E-state index < -0.39 is 0 Å². The summed E-state index contributed by atoms with van der Waals surface area (Å²) in [7, 11) is 1.51. The lowest BCUT2D eigenvalue weighted by molar-refractivity contribution is 0.103. The van der Waals surface area contributed by atoms with Gasteiger partial charge in [0, 0.05) is 0 Å². The Morgan fingerprint density at radius 2 is 1.91 bits per heavy atom. The Kier molecular flexibility index (Phi) is 4.75. The van der Waals surface area contributed by atoms with Crippen LogP contribution in [-0.4, -0.2) is 12.9 Å². The van der Waals surface area contributed by atoms with Gasteiger partial charge in [0.1, 0.15) is 17.4 Å². The largest absolute Gasteiger partial charge is 0.496 e. The fraction of sp³-hybridized carbons (Fsp3) is 0.158. The highest BCUT2D eigenvalue weighted by molar-refractivity contribution is 6.15. The van der Waals surface area contributed by atoms with E-state index in [0.29, 0.717) is 11.3 Å². The minimum atomic E-state index is -0.333. The highest BCUT2D eigenvalue weighted by Gasteiger charge is 2.16. The van der Waals surface area contributed by atoms with Crippen LogP contribution in [0.3, 0.4) is 0 Å². The summed E-state index contributed by atoms with van der Waals surface area (Å²) in [4.78, 5) is 12.6. The quantitative estimate of drug-likeness (QED) is 0.484. The summed E-state index contributed by atoms with van der Waals surface area (Å²) in [5.41, 5.74) is 3.52. The molecule has 110 valence electrons. The first-order chi connectivity index (χ1) is 10.6. The van der Waals surface area contributed by atoms with Gasteiger partial charge in [0.05, 0.1) is 12.7 Å². The fourth-order valence-corrected chi connectivity index (χ4v) is 2.27. The van der Waals surface area contributed by atoms with Crippen molar-refractivity contribution in [1.82, 2.24) is 0 Å². The van der Waals surface area contributed by atoms with E-state index in [1.807, 2.05) is 38.1 Å². The molecule has 0 saturated carbocycles. The smallest absolute Gasteiger partial charge is 0.207 e. The summed E-state index contributed by atoms with van der Waals surface area (Å²) >= 11 is 0. The molecule has 0 amide bonds. The number of nitriles is 1. The molecule has 0 fully saturated rings. The molecule has 0 aliphatic rings. The number of hydrogen-bond acceptors (Lipinski definition) is 3. The monoisotopic (exact) mass is 291 g/mol. The molecule has 0 spiro atoms. The molecule has 0 aliphatic carbocycles. The molecule has 0 unspecified atom stereocenters. The zero-order valence-corrected chi connectivity index (χ0v) is 12.9. The number of Topliss-reactive ketones (excluding diaryl/α,β-unsaturated/α-hetero) is 1. The van der Waals surface area contributed by atoms with E-state index in [4.69, 9.17) is 4.74 Å². The molecule has 0 bridgehead atoms. The van der Waals surface area contributed by atoms with E-state index in [1.54, 1.807) is 30.3 Å². The Bertz CT molecular complexity index is 782. The van der Waals surface area contributed by atoms with Gasteiger partial charge in [-0.1, -0.05) is 35.9 Å². The molecule has 3 nitrogen and oxygen atoms in total. The van der Waals surface area contributed by atoms with Crippen LogP contribution in [0.1, 0.15) is 27.0 Å². The third kappa shape index (κ3) is 3.24. The molecular formula is C19H17NO2. The van der Waals surface area contributed by atoms with Crippen LogP contribution in [0.25, 0.3) is 6.08 Å². The van der Waals surface area contributed by atoms with Crippen LogP contribution in [0.15, 0.2) is 48.0 Å². The van der Waals surface area contributed by atoms with Crippen LogP contribution in [-0.2, 0) is 0 Å². The minimum Gasteiger partial charge on any atom is -0.496 e. The number of carbonyl (C=O) groups excluding carboxylic acids is 1. The van der Waals surface area contributed by atoms with Crippen molar-refractivity contribution in [1.29, 1.82) is 5.26 Å². The molecule has 0 heterocycles. The van der Waals surface area contributed by atoms with Crippen LogP contribution in [0.5, 0.6) is 5.75 Å². The van der Waals surface area contributed by atoms with Gasteiger partial charge >= 0.3 is 0 Å². The lowest BCUT2D eigenvalue weighted by Gasteiger charge is -2.07. The zero-order valence-electron chi connectivity index (χ0n) is 12.9. The predicted molar refractivity (Wildman–Crippen MR) is 86.8 cm³/mol. The molecule has 0 atom stereocenters. The van der Waals surface area contributed by atoms with Crippen LogP contribution in [0.4, 0.5) is 0 Å². The number of rotatable bonds is 4. The highest BCUT2D eigenvalue weighted by atomic mass is 16.5. The van der Waals surface area contributed by atoms with Crippen molar-refractivity contribution in [3.8, 4) is 11.8 Å². The molecule has 22 heavy (non-hydrogen) atoms. The molecule has 0 N–H and O–H groups in total. The number of nitrogens with zero attached hydrogens (tertiary/aromatic N) is 1. The Balaban J connectivity index is 2.46. The number of ketones is 1. The van der Waals surface area contributed by atoms with Crippen LogP contribution < -0.4 is 4.74 Å². The Morgan fingerprint density at radius 1 is 1.18 bits per heavy atom. The minimum absolute atomic E-state index is 0.0939. The van der Waals surface area contributed by atoms with E-state index >= 15 is 0 Å². The van der Waals surface area contributed by atoms with Gasteiger partial charge in [-0.2, -0.15) is 5.26 Å². The van der Waals surface area contributed by atoms with E-state index in [2.05, 4.69) is 0 Å². The first kappa shape index (κ1) is 15.5. The van der Waals surface area contributed by atoms with Gasteiger partial charge in [-0.05, 0) is 43.2 Å². The van der Waals surface area contributed by atoms with Crippen LogP contribution in [0, 0.1) is 25.2 Å². The zero-order chi connectivity index (χ0) is 16.1. The van der Waals surface area contributed by atoms with E-state index in [0.717, 1.165) is 16.7 Å². The summed E-state index contributed by atoms with van der Waals surface area (Å²) in [6.45, 7) is 3.97. The van der Waals surface area contributed by atoms with Crippen molar-refractivity contribution in [3.05, 3.63) is 70.3 Å². The molecule has 0 radical (unpaired) electrons. The second-order valence-corrected chi connectivity index (χ2v) is 5.06. The van der Waals surface area contributed by atoms with Gasteiger partial charge in [0.15, 0.2) is 0 Å². The average molecular weight is 291 g/mol. The number of carbonyl (C=O) groups is 1. The van der Waals surface area contributed by atoms with E-state index in [9.17, 15) is 10.1 Å². The normalized spacial score (nSPS) is 10.9. The topological polar surface area (TPSA) is 50.1 Å². The summed E-state index contributed by atoms with van der Waals surface area (Å²) in [5.74, 6) is 0.134. The van der Waals surface area contributed by atoms with Crippen molar-refractivity contribution in [2.24, 2.45) is 0 Å². The number of aryl methyl sites for hydroxylation is 2. The molecule has 0 saturated heterocycles. The SMILES string of the molecule is COc1ccccc1C(=O)/C(C#N)=C/c1ccc(C)cc1C. The number of benzene rings is 2. The van der Waals surface area contributed by atoms with Gasteiger partial charge in [0.25, 0.3) is 0 Å². The third-order valence-corrected chi connectivity index (χ3v) is 3.44. The fourth-order valence-electron chi connectivity index (χ4n) is 2.27. The number of ether oxygens (including phenoxy) is 1. The molecule has 2 aromatic carbocycles. The molecule has 0 aliphatic heterocycles. The van der Waals surface area contributed by atoms with E-state index in [1.165, 1.54) is 7.11 Å². The summed E-state index contributed by atoms with van der Waals surface area (Å²) < 4.78 is 5.19. The predicted octanol–water partition coefficient (Wildman–Crippen LogP) is 4.10. The lowest BCUT2D eigenvalue weighted by Crippen LogP contribution is -2.04. The highest BCUT2D eigenvalue weighted by Crippen LogP contribution is 2.22. The molecule has 3 heteroatoms. The van der Waals surface area contributed by atoms with E-state index in [-0.39, 0.29) is 11.4 Å². The van der Waals surface area contributed by atoms with Crippen molar-refractivity contribution < 1.29 is 9.53 Å². The number of para-hydroxylation sites is 1. The summed E-state index contributed by atoms with van der Waals surface area (Å²) in [5, 5.41) is 9.35. The molecule has 2 rings (SSSR count). The lowest BCUT2D eigenvalue weighted by atomic mass is 9.98. The van der Waals surface area contributed by atoms with Gasteiger partial charge in [-0.15, -0.1) is 0 Å². The van der Waals surface area contributed by atoms with Crippen LogP contribution in [0.2, 0.25) is 0 Å². The Labute approximate surface area is 130 Å². The van der Waals surface area contributed by atoms with Crippen molar-refractivity contribution >= 4 is 11.9 Å². The number of methoxy groups -OCH3 is 1. The Morgan fingerprint density at radius 3 is 2.55 bits per heavy atom. The van der Waals surface area contributed by atoms with Crippen molar-refractivity contribution in [2.45, 2.75) is 13.8 Å². The first-order valence-corrected chi connectivity index (χ1v) is 6.93. The second kappa shape index (κ2) is 6.73. The maximum absolute atomic E-state index is 12.6. The van der Waals surface area contributed by atoms with Gasteiger partial charge in [-0.3, -0.25) is 4.79 Å². The summed E-state index contributed by atoms with van der Waals surface area (Å²) in [6, 6.07) is 14.8. The van der Waals surface area contributed by atoms with Gasteiger partial charge in [0.2, 0.25) is 5.78 Å². The third-order valence-electron chi connectivity index (χ3n) is 3.44. The molecule has 2 aromatic rings. The maximum Gasteiger partial charge on any atom is 0.207 e. The summed E-state index contributed by atoms with van der Waals surface area (Å²) in [6.07, 6.45) is 1.63. The number of allylic oxidation sites excluding steroid dienone is 1. The van der Waals surface area contributed by atoms with Gasteiger partial charge in [-0.25, -0.2) is 0 Å². The molecular weight excluding hydrogens is 274 g/mol. The van der Waals surface area contributed by atoms with Crippen molar-refractivity contribution in [2.75, 3.05) is 7.11 Å². The standard InChI is InChI=1S/C19H17NO2/c1-13-8-9-15(14(2)10-13)11-16(12-20)19(21)17-6-4-5-7-18(17)22-3/h4-11H,1-3H3/b16-11+. The van der Waals surface area contributed by atoms with Gasteiger partial charge < -0.3 is 4.74 Å². The van der Waals surface area contributed by atoms with Crippen LogP contribution >= 0.6 is 0 Å². The second-order valence-electron chi connectivity index (χ2n) is 5.06. The maximum atomic E-state index is 12.6. The average Bonchev–Trinajstić information content (AvgIpc) is 2.53. The molecule has 0 aromatic heterocycles. The Hall–Kier alpha value is -2.86.